The molecule has 1 aliphatic carbocycles. The Morgan fingerprint density at radius 3 is 2.77 bits per heavy atom. The van der Waals surface area contributed by atoms with Crippen LogP contribution in [0.15, 0.2) is 60.8 Å². The summed E-state index contributed by atoms with van der Waals surface area (Å²) >= 11 is 1.16. The quantitative estimate of drug-likeness (QED) is 0.176. The number of carbonyl (C=O) groups is 1. The average molecular weight is 490 g/mol. The number of hydrogen-bond donors (Lipinski definition) is 3. The highest BCUT2D eigenvalue weighted by atomic mass is 32.2. The van der Waals surface area contributed by atoms with Crippen LogP contribution in [0.5, 0.6) is 17.2 Å². The second-order valence-electron chi connectivity index (χ2n) is 8.42. The fourth-order valence-corrected chi connectivity index (χ4v) is 4.31. The number of aromatic amines is 1. The van der Waals surface area contributed by atoms with Crippen LogP contribution >= 0.6 is 12.2 Å². The number of fused-ring (bicyclic) bond motifs is 2. The first-order chi connectivity index (χ1) is 17.1. The lowest BCUT2D eigenvalue weighted by Crippen LogP contribution is -2.18. The highest BCUT2D eigenvalue weighted by Gasteiger charge is 2.30. The smallest absolute Gasteiger partial charge is 0.231 e. The highest BCUT2D eigenvalue weighted by Crippen LogP contribution is 2.36. The normalized spacial score (nSPS) is 14.3. The lowest BCUT2D eigenvalue weighted by molar-refractivity contribution is -0.117. The van der Waals surface area contributed by atoms with Gasteiger partial charge in [-0.3, -0.25) is 4.79 Å². The summed E-state index contributed by atoms with van der Waals surface area (Å²) in [4.78, 5) is 19.9. The SMILES string of the molecule is CN(Nc1ccc(-c2cc(NC(=O)C3CC3)nc3[nH]ccc23)cc1)SOc1ccc2c(c1)OCO2. The van der Waals surface area contributed by atoms with E-state index in [1.165, 1.54) is 0 Å². The average Bonchev–Trinajstić information content (AvgIpc) is 3.43. The van der Waals surface area contributed by atoms with E-state index in [9.17, 15) is 4.79 Å². The molecule has 2 aliphatic rings. The Kier molecular flexibility index (Phi) is 5.59. The van der Waals surface area contributed by atoms with E-state index in [0.717, 1.165) is 58.7 Å². The van der Waals surface area contributed by atoms with Gasteiger partial charge in [0.1, 0.15) is 17.2 Å². The minimum atomic E-state index is 0.0393. The molecule has 1 fully saturated rings. The third-order valence-corrected chi connectivity index (χ3v) is 6.38. The first-order valence-electron chi connectivity index (χ1n) is 11.3. The number of ether oxygens (including phenoxy) is 2. The van der Waals surface area contributed by atoms with Gasteiger partial charge in [-0.1, -0.05) is 12.1 Å². The van der Waals surface area contributed by atoms with Crippen LogP contribution in [0.3, 0.4) is 0 Å². The largest absolute Gasteiger partial charge is 0.454 e. The van der Waals surface area contributed by atoms with Gasteiger partial charge in [0.25, 0.3) is 0 Å². The molecule has 10 heteroatoms. The summed E-state index contributed by atoms with van der Waals surface area (Å²) in [6, 6.07) is 17.4. The van der Waals surface area contributed by atoms with Gasteiger partial charge in [0.05, 0.1) is 0 Å². The minimum absolute atomic E-state index is 0.0393. The zero-order valence-corrected chi connectivity index (χ0v) is 19.7. The molecule has 178 valence electrons. The van der Waals surface area contributed by atoms with Gasteiger partial charge in [-0.2, -0.15) is 0 Å². The maximum absolute atomic E-state index is 12.2. The van der Waals surface area contributed by atoms with Crippen molar-refractivity contribution in [2.24, 2.45) is 5.92 Å². The summed E-state index contributed by atoms with van der Waals surface area (Å²) in [7, 11) is 1.87. The number of rotatable bonds is 8. The summed E-state index contributed by atoms with van der Waals surface area (Å²) in [5, 5.41) is 3.95. The zero-order valence-electron chi connectivity index (χ0n) is 18.9. The van der Waals surface area contributed by atoms with Crippen LogP contribution in [-0.2, 0) is 4.79 Å². The van der Waals surface area contributed by atoms with Gasteiger partial charge < -0.3 is 29.4 Å². The Bertz CT molecular complexity index is 1390. The molecule has 1 saturated carbocycles. The predicted molar refractivity (Wildman–Crippen MR) is 135 cm³/mol. The minimum Gasteiger partial charge on any atom is -0.454 e. The van der Waals surface area contributed by atoms with Gasteiger partial charge in [0, 0.05) is 36.3 Å². The molecule has 1 aliphatic heterocycles. The van der Waals surface area contributed by atoms with Crippen LogP contribution in [0.25, 0.3) is 22.2 Å². The molecule has 3 N–H and O–H groups in total. The maximum Gasteiger partial charge on any atom is 0.231 e. The third kappa shape index (κ3) is 4.71. The van der Waals surface area contributed by atoms with Crippen molar-refractivity contribution in [2.45, 2.75) is 12.8 Å². The number of hydrogen-bond acceptors (Lipinski definition) is 8. The van der Waals surface area contributed by atoms with E-state index >= 15 is 0 Å². The molecule has 4 aromatic rings. The Balaban J connectivity index is 1.13. The van der Waals surface area contributed by atoms with E-state index in [1.807, 2.05) is 61.8 Å². The monoisotopic (exact) mass is 489 g/mol. The van der Waals surface area contributed by atoms with E-state index in [2.05, 4.69) is 20.7 Å². The van der Waals surface area contributed by atoms with Crippen LogP contribution < -0.4 is 24.4 Å². The van der Waals surface area contributed by atoms with Gasteiger partial charge >= 0.3 is 0 Å². The molecule has 0 saturated heterocycles. The number of hydrazine groups is 1. The first-order valence-corrected chi connectivity index (χ1v) is 12.0. The van der Waals surface area contributed by atoms with E-state index in [-0.39, 0.29) is 18.6 Å². The van der Waals surface area contributed by atoms with Crippen LogP contribution in [0.2, 0.25) is 0 Å². The number of H-pyrrole nitrogens is 1. The second kappa shape index (κ2) is 9.05. The molecule has 0 atom stereocenters. The number of aromatic nitrogens is 2. The number of pyridine rings is 1. The van der Waals surface area contributed by atoms with E-state index in [0.29, 0.717) is 17.3 Å². The fraction of sp³-hybridized carbons (Fsp3) is 0.200. The van der Waals surface area contributed by atoms with Gasteiger partial charge in [-0.05, 0) is 60.4 Å². The summed E-state index contributed by atoms with van der Waals surface area (Å²) < 4.78 is 18.2. The van der Waals surface area contributed by atoms with Crippen molar-refractivity contribution in [1.29, 1.82) is 0 Å². The molecule has 2 aromatic carbocycles. The topological polar surface area (TPSA) is 101 Å². The standard InChI is InChI=1S/C25H23N5O4S/c1-30(35-34-18-8-9-21-22(12-18)33-14-32-21)29-17-6-4-15(5-7-17)20-13-23(28-25(31)16-2-3-16)27-24-19(20)10-11-26-24/h4-13,16,29H,2-3,14H2,1H3,(H2,26,27,28,31). The van der Waals surface area contributed by atoms with E-state index in [4.69, 9.17) is 13.7 Å². The Morgan fingerprint density at radius 2 is 1.94 bits per heavy atom. The van der Waals surface area contributed by atoms with Crippen molar-refractivity contribution in [3.63, 3.8) is 0 Å². The van der Waals surface area contributed by atoms with Gasteiger partial charge in [-0.25, -0.2) is 4.98 Å². The van der Waals surface area contributed by atoms with Crippen molar-refractivity contribution in [1.82, 2.24) is 14.4 Å². The maximum atomic E-state index is 12.2. The second-order valence-corrected chi connectivity index (χ2v) is 9.28. The number of nitrogens with zero attached hydrogens (tertiary/aromatic N) is 2. The van der Waals surface area contributed by atoms with Crippen molar-refractivity contribution in [3.8, 4) is 28.4 Å². The highest BCUT2D eigenvalue weighted by molar-refractivity contribution is 7.92. The van der Waals surface area contributed by atoms with Crippen molar-refractivity contribution < 1.29 is 18.5 Å². The van der Waals surface area contributed by atoms with E-state index < -0.39 is 0 Å². The summed E-state index contributed by atoms with van der Waals surface area (Å²) in [5.74, 6) is 2.78. The summed E-state index contributed by atoms with van der Waals surface area (Å²) in [6.45, 7) is 0.231. The van der Waals surface area contributed by atoms with Crippen LogP contribution in [-0.4, -0.2) is 34.1 Å². The Hall–Kier alpha value is -3.89. The summed E-state index contributed by atoms with van der Waals surface area (Å²) in [6.07, 6.45) is 3.76. The van der Waals surface area contributed by atoms with Gasteiger partial charge in [-0.15, -0.1) is 4.41 Å². The molecule has 6 rings (SSSR count). The number of benzene rings is 2. The van der Waals surface area contributed by atoms with Crippen LogP contribution in [0.4, 0.5) is 11.5 Å². The van der Waals surface area contributed by atoms with E-state index in [1.54, 1.807) is 10.5 Å². The van der Waals surface area contributed by atoms with Crippen molar-refractivity contribution in [2.75, 3.05) is 24.6 Å². The molecular weight excluding hydrogens is 466 g/mol. The predicted octanol–water partition coefficient (Wildman–Crippen LogP) is 5.21. The molecule has 9 nitrogen and oxygen atoms in total. The molecule has 0 radical (unpaired) electrons. The van der Waals surface area contributed by atoms with Gasteiger partial charge in [0.2, 0.25) is 12.7 Å². The number of carbonyl (C=O) groups excluding carboxylic acids is 1. The molecule has 0 bridgehead atoms. The number of anilines is 2. The Morgan fingerprint density at radius 1 is 1.11 bits per heavy atom. The number of nitrogens with one attached hydrogen (secondary N) is 3. The molecule has 3 heterocycles. The van der Waals surface area contributed by atoms with Crippen molar-refractivity contribution >= 4 is 40.7 Å². The molecule has 2 aromatic heterocycles. The first kappa shape index (κ1) is 21.6. The fourth-order valence-electron chi connectivity index (χ4n) is 3.87. The summed E-state index contributed by atoms with van der Waals surface area (Å²) in [5.41, 5.74) is 6.94. The molecule has 0 unspecified atom stereocenters. The lowest BCUT2D eigenvalue weighted by atomic mass is 10.0. The van der Waals surface area contributed by atoms with Crippen molar-refractivity contribution in [3.05, 3.63) is 60.8 Å². The number of amides is 1. The molecule has 1 amide bonds. The van der Waals surface area contributed by atoms with Gasteiger partial charge in [0.15, 0.2) is 23.7 Å². The third-order valence-electron chi connectivity index (χ3n) is 5.80. The molecule has 35 heavy (non-hydrogen) atoms. The lowest BCUT2D eigenvalue weighted by Gasteiger charge is -2.17. The molecular formula is C25H23N5O4S. The zero-order chi connectivity index (χ0) is 23.8. The van der Waals surface area contributed by atoms with Crippen LogP contribution in [0.1, 0.15) is 12.8 Å². The molecule has 0 spiro atoms. The van der Waals surface area contributed by atoms with Crippen LogP contribution in [0, 0.1) is 5.92 Å². The Labute approximate surface area is 206 Å².